The molecule has 2 aliphatic rings. The number of hydrogen-bond donors (Lipinski definition) is 1. The molecule has 0 aromatic carbocycles. The fraction of sp³-hybridized carbons (Fsp3) is 0.688. The van der Waals surface area contributed by atoms with Crippen LogP contribution >= 0.6 is 0 Å². The van der Waals surface area contributed by atoms with Crippen LogP contribution in [0, 0.1) is 5.41 Å². The summed E-state index contributed by atoms with van der Waals surface area (Å²) in [5, 5.41) is 3.10. The maximum atomic E-state index is 11.9. The van der Waals surface area contributed by atoms with Crippen LogP contribution in [0.1, 0.15) is 19.3 Å². The fourth-order valence-corrected chi connectivity index (χ4v) is 3.59. The third-order valence-corrected chi connectivity index (χ3v) is 4.97. The molecular formula is C16H24N4O3. The largest absolute Gasteiger partial charge is 0.379 e. The highest BCUT2D eigenvalue weighted by Gasteiger charge is 2.44. The van der Waals surface area contributed by atoms with Crippen LogP contribution in [0.3, 0.4) is 0 Å². The summed E-state index contributed by atoms with van der Waals surface area (Å²) >= 11 is 0. The first-order valence-corrected chi connectivity index (χ1v) is 8.11. The van der Waals surface area contributed by atoms with Gasteiger partial charge in [-0.1, -0.05) is 0 Å². The zero-order valence-corrected chi connectivity index (χ0v) is 13.5. The molecule has 0 saturated carbocycles. The molecule has 0 radical (unpaired) electrons. The molecule has 1 atom stereocenters. The molecule has 126 valence electrons. The second-order valence-corrected chi connectivity index (χ2v) is 6.28. The Morgan fingerprint density at radius 3 is 2.83 bits per heavy atom. The van der Waals surface area contributed by atoms with E-state index in [4.69, 9.17) is 9.47 Å². The summed E-state index contributed by atoms with van der Waals surface area (Å²) in [6.45, 7) is 3.24. The zero-order valence-electron chi connectivity index (χ0n) is 13.5. The second kappa shape index (κ2) is 7.23. The van der Waals surface area contributed by atoms with Crippen LogP contribution in [0.25, 0.3) is 0 Å². The Balaban J connectivity index is 1.65. The van der Waals surface area contributed by atoms with Crippen molar-refractivity contribution in [1.82, 2.24) is 15.3 Å². The first kappa shape index (κ1) is 16.1. The summed E-state index contributed by atoms with van der Waals surface area (Å²) in [6, 6.07) is 1.88. The van der Waals surface area contributed by atoms with E-state index in [1.807, 2.05) is 6.07 Å². The molecule has 7 heteroatoms. The van der Waals surface area contributed by atoms with E-state index >= 15 is 0 Å². The van der Waals surface area contributed by atoms with Crippen molar-refractivity contribution < 1.29 is 14.3 Å². The summed E-state index contributed by atoms with van der Waals surface area (Å²) < 4.78 is 10.5. The normalized spacial score (nSPS) is 23.7. The van der Waals surface area contributed by atoms with E-state index in [1.54, 1.807) is 12.4 Å². The van der Waals surface area contributed by atoms with Crippen LogP contribution in [0.5, 0.6) is 0 Å². The Bertz CT molecular complexity index is 517. The van der Waals surface area contributed by atoms with Crippen LogP contribution < -0.4 is 10.2 Å². The van der Waals surface area contributed by atoms with E-state index in [0.29, 0.717) is 6.61 Å². The average molecular weight is 320 g/mol. The summed E-state index contributed by atoms with van der Waals surface area (Å²) in [6.07, 6.45) is 6.54. The van der Waals surface area contributed by atoms with Gasteiger partial charge in [0.1, 0.15) is 6.61 Å². The van der Waals surface area contributed by atoms with Crippen molar-refractivity contribution in [3.05, 3.63) is 18.5 Å². The van der Waals surface area contributed by atoms with E-state index in [1.165, 1.54) is 7.11 Å². The number of piperidine rings is 1. The topological polar surface area (TPSA) is 76.6 Å². The van der Waals surface area contributed by atoms with Crippen molar-refractivity contribution in [2.75, 3.05) is 44.9 Å². The second-order valence-electron chi connectivity index (χ2n) is 6.28. The number of ether oxygens (including phenoxy) is 2. The van der Waals surface area contributed by atoms with Crippen LogP contribution in [-0.2, 0) is 14.3 Å². The predicted molar refractivity (Wildman–Crippen MR) is 85.2 cm³/mol. The highest BCUT2D eigenvalue weighted by molar-refractivity contribution is 5.77. The number of nitrogens with zero attached hydrogens (tertiary/aromatic N) is 3. The van der Waals surface area contributed by atoms with Crippen molar-refractivity contribution in [3.8, 4) is 0 Å². The number of carbonyl (C=O) groups is 1. The summed E-state index contributed by atoms with van der Waals surface area (Å²) in [7, 11) is 1.53. The smallest absolute Gasteiger partial charge is 0.246 e. The van der Waals surface area contributed by atoms with Gasteiger partial charge >= 0.3 is 0 Å². The molecule has 1 N–H and O–H groups in total. The maximum absolute atomic E-state index is 11.9. The van der Waals surface area contributed by atoms with Crippen molar-refractivity contribution >= 4 is 11.9 Å². The van der Waals surface area contributed by atoms with Crippen molar-refractivity contribution in [2.45, 2.75) is 25.3 Å². The number of hydrogen-bond acceptors (Lipinski definition) is 6. The monoisotopic (exact) mass is 320 g/mol. The van der Waals surface area contributed by atoms with Gasteiger partial charge in [-0.25, -0.2) is 9.97 Å². The number of aromatic nitrogens is 2. The third kappa shape index (κ3) is 3.61. The van der Waals surface area contributed by atoms with Gasteiger partial charge in [0.15, 0.2) is 0 Å². The van der Waals surface area contributed by atoms with Crippen molar-refractivity contribution in [2.24, 2.45) is 5.41 Å². The summed E-state index contributed by atoms with van der Waals surface area (Å²) in [5.74, 6) is 0.713. The molecule has 2 aliphatic heterocycles. The van der Waals surface area contributed by atoms with Crippen molar-refractivity contribution in [1.29, 1.82) is 0 Å². The molecule has 3 heterocycles. The molecule has 7 nitrogen and oxygen atoms in total. The molecule has 2 saturated heterocycles. The number of rotatable bonds is 4. The van der Waals surface area contributed by atoms with E-state index < -0.39 is 0 Å². The highest BCUT2D eigenvalue weighted by Crippen LogP contribution is 2.41. The SMILES string of the molecule is COCC(=O)N[C@@H]1COCCC12CCN(c1ncccn1)CC2. The Kier molecular flexibility index (Phi) is 5.07. The zero-order chi connectivity index (χ0) is 16.1. The van der Waals surface area contributed by atoms with Crippen LogP contribution in [0.15, 0.2) is 18.5 Å². The first-order valence-electron chi connectivity index (χ1n) is 8.11. The fourth-order valence-electron chi connectivity index (χ4n) is 3.59. The van der Waals surface area contributed by atoms with Gasteiger partial charge in [-0.3, -0.25) is 4.79 Å². The molecule has 1 spiro atoms. The van der Waals surface area contributed by atoms with Crippen LogP contribution in [0.4, 0.5) is 5.95 Å². The van der Waals surface area contributed by atoms with Crippen LogP contribution in [-0.4, -0.2) is 61.9 Å². The molecule has 23 heavy (non-hydrogen) atoms. The number of anilines is 1. The Morgan fingerprint density at radius 1 is 1.39 bits per heavy atom. The number of amides is 1. The number of nitrogens with one attached hydrogen (secondary N) is 1. The quantitative estimate of drug-likeness (QED) is 0.876. The minimum absolute atomic E-state index is 0.0535. The molecule has 0 aliphatic carbocycles. The molecule has 0 unspecified atom stereocenters. The average Bonchev–Trinajstić information content (AvgIpc) is 2.59. The molecule has 3 rings (SSSR count). The minimum Gasteiger partial charge on any atom is -0.379 e. The van der Waals surface area contributed by atoms with Gasteiger partial charge in [0, 0.05) is 39.2 Å². The Morgan fingerprint density at radius 2 is 2.13 bits per heavy atom. The van der Waals surface area contributed by atoms with E-state index in [2.05, 4.69) is 20.2 Å². The standard InChI is InChI=1S/C16H24N4O3/c1-22-12-14(21)19-13-11-23-10-5-16(13)3-8-20(9-4-16)15-17-6-2-7-18-15/h2,6-7,13H,3-5,8-12H2,1H3,(H,19,21)/t13-/m1/s1. The lowest BCUT2D eigenvalue weighted by Crippen LogP contribution is -2.58. The van der Waals surface area contributed by atoms with Gasteiger partial charge in [-0.2, -0.15) is 0 Å². The van der Waals surface area contributed by atoms with E-state index in [9.17, 15) is 4.79 Å². The number of carbonyl (C=O) groups excluding carboxylic acids is 1. The van der Waals surface area contributed by atoms with Crippen LogP contribution in [0.2, 0.25) is 0 Å². The maximum Gasteiger partial charge on any atom is 0.246 e. The molecule has 2 fully saturated rings. The van der Waals surface area contributed by atoms with Gasteiger partial charge in [0.25, 0.3) is 0 Å². The van der Waals surface area contributed by atoms with E-state index in [-0.39, 0.29) is 24.0 Å². The first-order chi connectivity index (χ1) is 11.2. The lowest BCUT2D eigenvalue weighted by molar-refractivity contribution is -0.129. The summed E-state index contributed by atoms with van der Waals surface area (Å²) in [4.78, 5) is 22.8. The van der Waals surface area contributed by atoms with E-state index in [0.717, 1.165) is 44.9 Å². The minimum atomic E-state index is -0.0730. The van der Waals surface area contributed by atoms with Gasteiger partial charge in [0.05, 0.1) is 12.6 Å². The molecule has 1 aromatic rings. The van der Waals surface area contributed by atoms with Gasteiger partial charge in [-0.15, -0.1) is 0 Å². The van der Waals surface area contributed by atoms with Crippen molar-refractivity contribution in [3.63, 3.8) is 0 Å². The molecular weight excluding hydrogens is 296 g/mol. The molecule has 0 bridgehead atoms. The Labute approximate surface area is 136 Å². The Hall–Kier alpha value is -1.73. The number of methoxy groups -OCH3 is 1. The lowest BCUT2D eigenvalue weighted by atomic mass is 9.69. The highest BCUT2D eigenvalue weighted by atomic mass is 16.5. The molecule has 1 aromatic heterocycles. The summed E-state index contributed by atoms with van der Waals surface area (Å²) in [5.41, 5.74) is 0.104. The van der Waals surface area contributed by atoms with Gasteiger partial charge in [-0.05, 0) is 30.7 Å². The molecule has 1 amide bonds. The lowest BCUT2D eigenvalue weighted by Gasteiger charge is -2.49. The van der Waals surface area contributed by atoms with Gasteiger partial charge in [0.2, 0.25) is 11.9 Å². The third-order valence-electron chi connectivity index (χ3n) is 4.97. The van der Waals surface area contributed by atoms with Gasteiger partial charge < -0.3 is 19.7 Å². The predicted octanol–water partition coefficient (Wildman–Crippen LogP) is 0.615.